The number of halogens is 3. The van der Waals surface area contributed by atoms with Crippen molar-refractivity contribution >= 4 is 11.0 Å². The second kappa shape index (κ2) is 4.56. The SMILES string of the molecule is O=S(NCc1ccccc1)C(F)(F)F. The van der Waals surface area contributed by atoms with Gasteiger partial charge in [-0.2, -0.15) is 13.2 Å². The fourth-order valence-corrected chi connectivity index (χ4v) is 1.29. The Balaban J connectivity index is 2.46. The van der Waals surface area contributed by atoms with E-state index < -0.39 is 16.5 Å². The Kier molecular flexibility index (Phi) is 3.65. The molecule has 1 rings (SSSR count). The molecular formula is C8H8F3NOS. The van der Waals surface area contributed by atoms with Crippen LogP contribution in [0, 0.1) is 0 Å². The summed E-state index contributed by atoms with van der Waals surface area (Å²) in [5.74, 6) is 0. The van der Waals surface area contributed by atoms with E-state index in [0.29, 0.717) is 5.56 Å². The van der Waals surface area contributed by atoms with E-state index in [4.69, 9.17) is 0 Å². The molecule has 0 bridgehead atoms. The average Bonchev–Trinajstić information content (AvgIpc) is 2.14. The Morgan fingerprint density at radius 3 is 2.29 bits per heavy atom. The normalized spacial score (nSPS) is 13.9. The predicted molar refractivity (Wildman–Crippen MR) is 47.5 cm³/mol. The first-order valence-corrected chi connectivity index (χ1v) is 4.91. The number of hydrogen-bond acceptors (Lipinski definition) is 1. The van der Waals surface area contributed by atoms with E-state index in [1.165, 1.54) is 0 Å². The highest BCUT2D eigenvalue weighted by atomic mass is 32.2. The molecule has 1 N–H and O–H groups in total. The maximum absolute atomic E-state index is 11.8. The number of benzene rings is 1. The molecule has 1 unspecified atom stereocenters. The summed E-state index contributed by atoms with van der Waals surface area (Å²) < 4.78 is 47.8. The lowest BCUT2D eigenvalue weighted by Gasteiger charge is -2.07. The van der Waals surface area contributed by atoms with E-state index in [1.807, 2.05) is 4.72 Å². The van der Waals surface area contributed by atoms with Gasteiger partial charge in [-0.1, -0.05) is 30.3 Å². The number of nitrogens with one attached hydrogen (secondary N) is 1. The fraction of sp³-hybridized carbons (Fsp3) is 0.250. The van der Waals surface area contributed by atoms with Crippen LogP contribution in [0.4, 0.5) is 13.2 Å². The zero-order valence-corrected chi connectivity index (χ0v) is 7.86. The summed E-state index contributed by atoms with van der Waals surface area (Å²) in [6.45, 7) is -0.0625. The zero-order chi connectivity index (χ0) is 10.6. The Hall–Kier alpha value is -0.880. The van der Waals surface area contributed by atoms with E-state index in [0.717, 1.165) is 0 Å². The molecule has 0 saturated carbocycles. The first kappa shape index (κ1) is 11.2. The Morgan fingerprint density at radius 2 is 1.79 bits per heavy atom. The van der Waals surface area contributed by atoms with Crippen LogP contribution in [0.5, 0.6) is 0 Å². The molecule has 0 radical (unpaired) electrons. The molecule has 0 amide bonds. The Bertz CT molecular complexity index is 312. The highest BCUT2D eigenvalue weighted by molar-refractivity contribution is 7.83. The van der Waals surface area contributed by atoms with Crippen molar-refractivity contribution in [2.24, 2.45) is 0 Å². The molecule has 0 aromatic heterocycles. The lowest BCUT2D eigenvalue weighted by Crippen LogP contribution is -2.29. The summed E-state index contributed by atoms with van der Waals surface area (Å²) in [6, 6.07) is 8.46. The van der Waals surface area contributed by atoms with Crippen LogP contribution in [0.25, 0.3) is 0 Å². The summed E-state index contributed by atoms with van der Waals surface area (Å²) >= 11 is 0. The molecule has 1 atom stereocenters. The van der Waals surface area contributed by atoms with E-state index in [1.54, 1.807) is 30.3 Å². The minimum atomic E-state index is -4.70. The number of rotatable bonds is 3. The first-order valence-electron chi connectivity index (χ1n) is 3.76. The maximum atomic E-state index is 11.8. The van der Waals surface area contributed by atoms with Gasteiger partial charge in [-0.15, -0.1) is 0 Å². The van der Waals surface area contributed by atoms with Gasteiger partial charge in [-0.25, -0.2) is 8.93 Å². The van der Waals surface area contributed by atoms with Crippen molar-refractivity contribution in [3.8, 4) is 0 Å². The van der Waals surface area contributed by atoms with E-state index in [9.17, 15) is 17.4 Å². The van der Waals surface area contributed by atoms with Crippen LogP contribution < -0.4 is 4.72 Å². The molecule has 0 heterocycles. The molecule has 0 aliphatic rings. The monoisotopic (exact) mass is 223 g/mol. The molecule has 1 aromatic rings. The fourth-order valence-electron chi connectivity index (χ4n) is 0.827. The smallest absolute Gasteiger partial charge is 0.234 e. The standard InChI is InChI=1S/C8H8F3NOS/c9-8(10,11)14(13)12-6-7-4-2-1-3-5-7/h1-5,12H,6H2. The summed E-state index contributed by atoms with van der Waals surface area (Å²) in [6.07, 6.45) is 0. The average molecular weight is 223 g/mol. The lowest BCUT2D eigenvalue weighted by atomic mass is 10.2. The molecule has 0 spiro atoms. The van der Waals surface area contributed by atoms with E-state index in [2.05, 4.69) is 0 Å². The molecule has 0 aliphatic heterocycles. The van der Waals surface area contributed by atoms with Crippen molar-refractivity contribution in [2.45, 2.75) is 12.1 Å². The molecule has 78 valence electrons. The molecular weight excluding hydrogens is 215 g/mol. The third-order valence-corrected chi connectivity index (χ3v) is 2.29. The van der Waals surface area contributed by atoms with Gasteiger partial charge < -0.3 is 0 Å². The van der Waals surface area contributed by atoms with Crippen molar-refractivity contribution in [3.05, 3.63) is 35.9 Å². The van der Waals surface area contributed by atoms with Gasteiger partial charge >= 0.3 is 5.51 Å². The van der Waals surface area contributed by atoms with Crippen LogP contribution in [0.2, 0.25) is 0 Å². The second-order valence-electron chi connectivity index (χ2n) is 2.52. The summed E-state index contributed by atoms with van der Waals surface area (Å²) in [5, 5.41) is 0. The molecule has 14 heavy (non-hydrogen) atoms. The van der Waals surface area contributed by atoms with Gasteiger partial charge in [-0.3, -0.25) is 0 Å². The highest BCUT2D eigenvalue weighted by Gasteiger charge is 2.36. The topological polar surface area (TPSA) is 29.1 Å². The third-order valence-electron chi connectivity index (χ3n) is 1.46. The van der Waals surface area contributed by atoms with Gasteiger partial charge in [0.05, 0.1) is 0 Å². The molecule has 0 saturated heterocycles. The van der Waals surface area contributed by atoms with E-state index in [-0.39, 0.29) is 6.54 Å². The first-order chi connectivity index (χ1) is 6.50. The molecule has 2 nitrogen and oxygen atoms in total. The van der Waals surface area contributed by atoms with Gasteiger partial charge in [0.25, 0.3) is 0 Å². The van der Waals surface area contributed by atoms with Crippen LogP contribution in [-0.4, -0.2) is 9.72 Å². The van der Waals surface area contributed by atoms with Crippen LogP contribution in [-0.2, 0) is 17.5 Å². The van der Waals surface area contributed by atoms with Crippen molar-refractivity contribution < 1.29 is 17.4 Å². The zero-order valence-electron chi connectivity index (χ0n) is 7.04. The van der Waals surface area contributed by atoms with E-state index >= 15 is 0 Å². The number of hydrogen-bond donors (Lipinski definition) is 1. The molecule has 0 fully saturated rings. The van der Waals surface area contributed by atoms with Gasteiger partial charge in [-0.05, 0) is 5.56 Å². The van der Waals surface area contributed by atoms with Gasteiger partial charge in [0, 0.05) is 6.54 Å². The Labute approximate surface area is 81.7 Å². The molecule has 1 aromatic carbocycles. The minimum Gasteiger partial charge on any atom is -0.234 e. The van der Waals surface area contributed by atoms with Crippen LogP contribution in [0.3, 0.4) is 0 Å². The van der Waals surface area contributed by atoms with Crippen molar-refractivity contribution in [2.75, 3.05) is 0 Å². The van der Waals surface area contributed by atoms with Gasteiger partial charge in [0.15, 0.2) is 11.0 Å². The Morgan fingerprint density at radius 1 is 1.21 bits per heavy atom. The summed E-state index contributed by atoms with van der Waals surface area (Å²) in [5.41, 5.74) is -4.04. The maximum Gasteiger partial charge on any atom is 0.485 e. The van der Waals surface area contributed by atoms with Crippen LogP contribution in [0.15, 0.2) is 30.3 Å². The summed E-state index contributed by atoms with van der Waals surface area (Å²) in [7, 11) is -2.99. The highest BCUT2D eigenvalue weighted by Crippen LogP contribution is 2.18. The lowest BCUT2D eigenvalue weighted by molar-refractivity contribution is -0.0394. The third kappa shape index (κ3) is 3.47. The van der Waals surface area contributed by atoms with Crippen LogP contribution >= 0.6 is 0 Å². The largest absolute Gasteiger partial charge is 0.485 e. The minimum absolute atomic E-state index is 0.0625. The van der Waals surface area contributed by atoms with Gasteiger partial charge in [0.1, 0.15) is 0 Å². The second-order valence-corrected chi connectivity index (χ2v) is 3.81. The predicted octanol–water partition coefficient (Wildman–Crippen LogP) is 1.96. The quantitative estimate of drug-likeness (QED) is 0.833. The van der Waals surface area contributed by atoms with Crippen molar-refractivity contribution in [3.63, 3.8) is 0 Å². The molecule has 0 aliphatic carbocycles. The van der Waals surface area contributed by atoms with Crippen molar-refractivity contribution in [1.82, 2.24) is 4.72 Å². The van der Waals surface area contributed by atoms with Gasteiger partial charge in [0.2, 0.25) is 0 Å². The number of alkyl halides is 3. The van der Waals surface area contributed by atoms with Crippen LogP contribution in [0.1, 0.15) is 5.56 Å². The molecule has 6 heteroatoms. The van der Waals surface area contributed by atoms with Crippen molar-refractivity contribution in [1.29, 1.82) is 0 Å². The summed E-state index contributed by atoms with van der Waals surface area (Å²) in [4.78, 5) is 0.